The van der Waals surface area contributed by atoms with Gasteiger partial charge in [0, 0.05) is 38.1 Å². The Bertz CT molecular complexity index is 1020. The van der Waals surface area contributed by atoms with Crippen molar-refractivity contribution in [2.45, 2.75) is 5.54 Å². The van der Waals surface area contributed by atoms with Gasteiger partial charge >= 0.3 is 0 Å². The van der Waals surface area contributed by atoms with E-state index < -0.39 is 17.4 Å². The lowest BCUT2D eigenvalue weighted by atomic mass is 9.84. The Hall–Kier alpha value is -3.72. The molecular formula is C21H24N6O3. The highest BCUT2D eigenvalue weighted by molar-refractivity contribution is 6.47. The average molecular weight is 408 g/mol. The standard InChI is InChI=1S/C21H24N6O3/c1-23-19(29)17-21(20(22)30,25-12-24-17)14-7-9-15(10-8-14)26-18(28)13-5-4-6-16(11-13)27(2)3/h4-11,25H,12H2,1-3H3,(H2,22,30)(H,23,29)(H,26,28). The number of benzene rings is 2. The Morgan fingerprint density at radius 2 is 1.80 bits per heavy atom. The normalized spacial score (nSPS) is 17.8. The van der Waals surface area contributed by atoms with Gasteiger partial charge in [0.2, 0.25) is 5.91 Å². The first-order valence-electron chi connectivity index (χ1n) is 9.31. The molecule has 3 rings (SSSR count). The van der Waals surface area contributed by atoms with Crippen LogP contribution in [0.2, 0.25) is 0 Å². The highest BCUT2D eigenvalue weighted by Gasteiger charge is 2.49. The van der Waals surface area contributed by atoms with E-state index in [0.29, 0.717) is 16.8 Å². The van der Waals surface area contributed by atoms with Crippen molar-refractivity contribution in [2.24, 2.45) is 10.7 Å². The van der Waals surface area contributed by atoms with Gasteiger partial charge in [0.1, 0.15) is 5.71 Å². The fraction of sp³-hybridized carbons (Fsp3) is 0.238. The van der Waals surface area contributed by atoms with Crippen LogP contribution in [0.4, 0.5) is 11.4 Å². The summed E-state index contributed by atoms with van der Waals surface area (Å²) >= 11 is 0. The monoisotopic (exact) mass is 408 g/mol. The molecule has 0 fully saturated rings. The van der Waals surface area contributed by atoms with Crippen LogP contribution in [0, 0.1) is 0 Å². The van der Waals surface area contributed by atoms with Crippen LogP contribution < -0.4 is 26.6 Å². The van der Waals surface area contributed by atoms with E-state index in [0.717, 1.165) is 5.69 Å². The van der Waals surface area contributed by atoms with Crippen LogP contribution in [0.25, 0.3) is 0 Å². The molecule has 1 aliphatic heterocycles. The maximum absolute atomic E-state index is 12.6. The van der Waals surface area contributed by atoms with Crippen molar-refractivity contribution in [3.05, 3.63) is 59.7 Å². The van der Waals surface area contributed by atoms with E-state index in [1.165, 1.54) is 7.05 Å². The largest absolute Gasteiger partial charge is 0.378 e. The number of carbonyl (C=O) groups excluding carboxylic acids is 3. The molecule has 1 atom stereocenters. The van der Waals surface area contributed by atoms with Gasteiger partial charge in [-0.1, -0.05) is 18.2 Å². The second-order valence-corrected chi connectivity index (χ2v) is 7.01. The first kappa shape index (κ1) is 21.0. The molecule has 2 aromatic carbocycles. The zero-order valence-corrected chi connectivity index (χ0v) is 17.0. The molecular weight excluding hydrogens is 384 g/mol. The SMILES string of the molecule is CNC(=O)C1=NCNC1(C(N)=O)c1ccc(NC(=O)c2cccc(N(C)C)c2)cc1. The number of hydrogen-bond acceptors (Lipinski definition) is 6. The molecule has 0 radical (unpaired) electrons. The summed E-state index contributed by atoms with van der Waals surface area (Å²) in [5.74, 6) is -1.49. The number of aliphatic imine (C=N–C) groups is 1. The lowest BCUT2D eigenvalue weighted by Crippen LogP contribution is -2.58. The van der Waals surface area contributed by atoms with E-state index in [2.05, 4.69) is 20.9 Å². The van der Waals surface area contributed by atoms with E-state index in [1.807, 2.05) is 31.1 Å². The van der Waals surface area contributed by atoms with Gasteiger partial charge in [-0.3, -0.25) is 24.7 Å². The van der Waals surface area contributed by atoms with Gasteiger partial charge in [0.15, 0.2) is 5.54 Å². The molecule has 9 heteroatoms. The fourth-order valence-electron chi connectivity index (χ4n) is 3.32. The first-order chi connectivity index (χ1) is 14.3. The molecule has 1 aliphatic rings. The summed E-state index contributed by atoms with van der Waals surface area (Å²) < 4.78 is 0. The Labute approximate surface area is 174 Å². The van der Waals surface area contributed by atoms with E-state index in [4.69, 9.17) is 5.73 Å². The lowest BCUT2D eigenvalue weighted by Gasteiger charge is -2.27. The quantitative estimate of drug-likeness (QED) is 0.551. The molecule has 0 aromatic heterocycles. The van der Waals surface area contributed by atoms with E-state index in [1.54, 1.807) is 36.4 Å². The van der Waals surface area contributed by atoms with Gasteiger partial charge in [0.05, 0.1) is 6.67 Å². The first-order valence-corrected chi connectivity index (χ1v) is 9.31. The minimum absolute atomic E-state index is 0.00906. The van der Waals surface area contributed by atoms with Gasteiger partial charge in [0.25, 0.3) is 11.8 Å². The van der Waals surface area contributed by atoms with Crippen molar-refractivity contribution >= 4 is 34.8 Å². The third-order valence-corrected chi connectivity index (χ3v) is 4.95. The smallest absolute Gasteiger partial charge is 0.267 e. The number of rotatable bonds is 6. The number of carbonyl (C=O) groups is 3. The zero-order chi connectivity index (χ0) is 21.9. The predicted molar refractivity (Wildman–Crippen MR) is 116 cm³/mol. The Kier molecular flexibility index (Phi) is 5.84. The van der Waals surface area contributed by atoms with Crippen molar-refractivity contribution in [2.75, 3.05) is 38.0 Å². The number of nitrogens with zero attached hydrogens (tertiary/aromatic N) is 2. The molecule has 9 nitrogen and oxygen atoms in total. The minimum Gasteiger partial charge on any atom is -0.378 e. The van der Waals surface area contributed by atoms with Gasteiger partial charge in [-0.05, 0) is 35.9 Å². The molecule has 30 heavy (non-hydrogen) atoms. The second-order valence-electron chi connectivity index (χ2n) is 7.01. The van der Waals surface area contributed by atoms with Gasteiger partial charge in [-0.15, -0.1) is 0 Å². The van der Waals surface area contributed by atoms with Crippen molar-refractivity contribution in [1.82, 2.24) is 10.6 Å². The van der Waals surface area contributed by atoms with Crippen molar-refractivity contribution in [3.8, 4) is 0 Å². The summed E-state index contributed by atoms with van der Waals surface area (Å²) in [7, 11) is 5.26. The third kappa shape index (κ3) is 3.74. The van der Waals surface area contributed by atoms with Crippen molar-refractivity contribution in [1.29, 1.82) is 0 Å². The summed E-state index contributed by atoms with van der Waals surface area (Å²) in [5, 5.41) is 8.22. The molecule has 3 amide bonds. The fourth-order valence-corrected chi connectivity index (χ4v) is 3.32. The third-order valence-electron chi connectivity index (χ3n) is 4.95. The zero-order valence-electron chi connectivity index (χ0n) is 17.0. The summed E-state index contributed by atoms with van der Waals surface area (Å²) in [6.07, 6.45) is 0. The topological polar surface area (TPSA) is 129 Å². The Morgan fingerprint density at radius 3 is 2.40 bits per heavy atom. The van der Waals surface area contributed by atoms with Crippen molar-refractivity contribution < 1.29 is 14.4 Å². The Balaban J connectivity index is 1.85. The van der Waals surface area contributed by atoms with E-state index in [-0.39, 0.29) is 18.3 Å². The molecule has 0 aliphatic carbocycles. The van der Waals surface area contributed by atoms with Crippen LogP contribution in [-0.4, -0.2) is 51.2 Å². The molecule has 2 aromatic rings. The van der Waals surface area contributed by atoms with Crippen LogP contribution in [0.5, 0.6) is 0 Å². The average Bonchev–Trinajstić information content (AvgIpc) is 3.20. The molecule has 0 spiro atoms. The van der Waals surface area contributed by atoms with E-state index >= 15 is 0 Å². The molecule has 0 saturated carbocycles. The summed E-state index contributed by atoms with van der Waals surface area (Å²) in [4.78, 5) is 43.1. The van der Waals surface area contributed by atoms with Gasteiger partial charge in [-0.25, -0.2) is 0 Å². The number of hydrogen-bond donors (Lipinski definition) is 4. The van der Waals surface area contributed by atoms with Gasteiger partial charge in [-0.2, -0.15) is 0 Å². The molecule has 1 heterocycles. The maximum atomic E-state index is 12.6. The van der Waals surface area contributed by atoms with Crippen molar-refractivity contribution in [3.63, 3.8) is 0 Å². The summed E-state index contributed by atoms with van der Waals surface area (Å²) in [5.41, 5.74) is 6.56. The van der Waals surface area contributed by atoms with E-state index in [9.17, 15) is 14.4 Å². The minimum atomic E-state index is -1.53. The highest BCUT2D eigenvalue weighted by atomic mass is 16.2. The molecule has 156 valence electrons. The summed E-state index contributed by atoms with van der Waals surface area (Å²) in [6.45, 7) is 0.0897. The maximum Gasteiger partial charge on any atom is 0.267 e. The van der Waals surface area contributed by atoms with Crippen LogP contribution in [-0.2, 0) is 15.1 Å². The van der Waals surface area contributed by atoms with Crippen LogP contribution in [0.1, 0.15) is 15.9 Å². The van der Waals surface area contributed by atoms with Crippen LogP contribution >= 0.6 is 0 Å². The van der Waals surface area contributed by atoms with Gasteiger partial charge < -0.3 is 21.3 Å². The van der Waals surface area contributed by atoms with Crippen LogP contribution in [0.15, 0.2) is 53.5 Å². The second kappa shape index (κ2) is 8.34. The number of primary amides is 1. The number of nitrogens with two attached hydrogens (primary N) is 1. The number of nitrogens with one attached hydrogen (secondary N) is 3. The lowest BCUT2D eigenvalue weighted by molar-refractivity contribution is -0.123. The molecule has 1 unspecified atom stereocenters. The predicted octanol–water partition coefficient (Wildman–Crippen LogP) is 0.433. The number of anilines is 2. The molecule has 0 bridgehead atoms. The summed E-state index contributed by atoms with van der Waals surface area (Å²) in [6, 6.07) is 13.8. The Morgan fingerprint density at radius 1 is 1.10 bits per heavy atom. The molecule has 0 saturated heterocycles. The number of amides is 3. The van der Waals surface area contributed by atoms with Crippen LogP contribution in [0.3, 0.4) is 0 Å². The highest BCUT2D eigenvalue weighted by Crippen LogP contribution is 2.28. The molecule has 5 N–H and O–H groups in total.